The molecule has 7 heteroatoms. The molecule has 118 valence electrons. The molecule has 3 rings (SSSR count). The van der Waals surface area contributed by atoms with Crippen molar-refractivity contribution >= 4 is 5.95 Å². The average Bonchev–Trinajstić information content (AvgIpc) is 3.13. The Bertz CT molecular complexity index is 641. The maximum atomic E-state index is 5.60. The van der Waals surface area contributed by atoms with Gasteiger partial charge in [0.1, 0.15) is 0 Å². The molecule has 0 radical (unpaired) electrons. The van der Waals surface area contributed by atoms with E-state index in [1.165, 1.54) is 0 Å². The van der Waals surface area contributed by atoms with Gasteiger partial charge in [-0.1, -0.05) is 6.92 Å². The van der Waals surface area contributed by atoms with Gasteiger partial charge in [-0.05, 0) is 39.0 Å². The van der Waals surface area contributed by atoms with Crippen molar-refractivity contribution in [3.63, 3.8) is 0 Å². The molecule has 0 bridgehead atoms. The van der Waals surface area contributed by atoms with Crippen LogP contribution in [-0.4, -0.2) is 31.4 Å². The third-order valence-corrected chi connectivity index (χ3v) is 4.24. The van der Waals surface area contributed by atoms with Crippen molar-refractivity contribution in [2.75, 3.05) is 5.32 Å². The van der Waals surface area contributed by atoms with E-state index in [4.69, 9.17) is 4.42 Å². The summed E-state index contributed by atoms with van der Waals surface area (Å²) >= 11 is 0. The SMILES string of the molecule is CCc1nnc(C[C@@H]2CC[C@H](Nc3nnc(C)c(C)n3)C2)o1. The third-order valence-electron chi connectivity index (χ3n) is 4.24. The number of rotatable bonds is 5. The molecule has 2 aromatic heterocycles. The summed E-state index contributed by atoms with van der Waals surface area (Å²) in [5.41, 5.74) is 1.79. The molecular formula is C15H22N6O. The standard InChI is InChI=1S/C15H22N6O/c1-4-13-19-20-14(22-13)8-11-5-6-12(7-11)17-15-16-9(2)10(3)18-21-15/h11-12H,4-8H2,1-3H3,(H,16,17,21)/t11-,12+/m1/s1. The molecule has 0 aliphatic heterocycles. The van der Waals surface area contributed by atoms with Crippen molar-refractivity contribution in [2.24, 2.45) is 5.92 Å². The highest BCUT2D eigenvalue weighted by Crippen LogP contribution is 2.30. The first-order valence-corrected chi connectivity index (χ1v) is 7.89. The second kappa shape index (κ2) is 6.37. The van der Waals surface area contributed by atoms with Gasteiger partial charge in [-0.2, -0.15) is 5.10 Å². The predicted molar refractivity (Wildman–Crippen MR) is 81.4 cm³/mol. The number of hydrogen-bond donors (Lipinski definition) is 1. The molecule has 0 spiro atoms. The zero-order chi connectivity index (χ0) is 15.5. The maximum Gasteiger partial charge on any atom is 0.243 e. The van der Waals surface area contributed by atoms with Gasteiger partial charge in [0, 0.05) is 18.9 Å². The number of nitrogens with one attached hydrogen (secondary N) is 1. The molecule has 1 saturated carbocycles. The summed E-state index contributed by atoms with van der Waals surface area (Å²) in [5.74, 6) is 2.67. The summed E-state index contributed by atoms with van der Waals surface area (Å²) in [7, 11) is 0. The third kappa shape index (κ3) is 3.40. The summed E-state index contributed by atoms with van der Waals surface area (Å²) in [6.07, 6.45) is 4.98. The maximum absolute atomic E-state index is 5.60. The van der Waals surface area contributed by atoms with Crippen LogP contribution >= 0.6 is 0 Å². The molecule has 7 nitrogen and oxygen atoms in total. The van der Waals surface area contributed by atoms with Gasteiger partial charge in [0.05, 0.1) is 11.4 Å². The number of nitrogens with zero attached hydrogens (tertiary/aromatic N) is 5. The van der Waals surface area contributed by atoms with Crippen molar-refractivity contribution in [3.8, 4) is 0 Å². The summed E-state index contributed by atoms with van der Waals surface area (Å²) in [4.78, 5) is 4.43. The van der Waals surface area contributed by atoms with Crippen molar-refractivity contribution < 1.29 is 4.42 Å². The van der Waals surface area contributed by atoms with E-state index in [0.717, 1.165) is 55.3 Å². The van der Waals surface area contributed by atoms with Gasteiger partial charge in [-0.25, -0.2) is 4.98 Å². The zero-order valence-electron chi connectivity index (χ0n) is 13.3. The number of anilines is 1. The Kier molecular flexibility index (Phi) is 4.31. The quantitative estimate of drug-likeness (QED) is 0.906. The highest BCUT2D eigenvalue weighted by atomic mass is 16.4. The normalized spacial score (nSPS) is 21.2. The smallest absolute Gasteiger partial charge is 0.243 e. The minimum Gasteiger partial charge on any atom is -0.425 e. The van der Waals surface area contributed by atoms with E-state index in [0.29, 0.717) is 17.9 Å². The Morgan fingerprint density at radius 1 is 1.05 bits per heavy atom. The molecule has 2 heterocycles. The van der Waals surface area contributed by atoms with Gasteiger partial charge >= 0.3 is 0 Å². The Hall–Kier alpha value is -2.05. The van der Waals surface area contributed by atoms with Crippen LogP contribution in [-0.2, 0) is 12.8 Å². The molecule has 2 aromatic rings. The van der Waals surface area contributed by atoms with Gasteiger partial charge in [-0.15, -0.1) is 15.3 Å². The largest absolute Gasteiger partial charge is 0.425 e. The second-order valence-electron chi connectivity index (χ2n) is 5.97. The number of aryl methyl sites for hydroxylation is 3. The number of hydrogen-bond acceptors (Lipinski definition) is 7. The van der Waals surface area contributed by atoms with Gasteiger partial charge in [0.15, 0.2) is 0 Å². The van der Waals surface area contributed by atoms with Crippen LogP contribution < -0.4 is 5.32 Å². The molecular weight excluding hydrogens is 280 g/mol. The molecule has 0 amide bonds. The van der Waals surface area contributed by atoms with Crippen LogP contribution in [0.5, 0.6) is 0 Å². The highest BCUT2D eigenvalue weighted by Gasteiger charge is 2.27. The minimum atomic E-state index is 0.391. The zero-order valence-corrected chi connectivity index (χ0v) is 13.3. The summed E-state index contributed by atoms with van der Waals surface area (Å²) in [6.45, 7) is 5.89. The number of aromatic nitrogens is 5. The van der Waals surface area contributed by atoms with Crippen LogP contribution in [0.3, 0.4) is 0 Å². The highest BCUT2D eigenvalue weighted by molar-refractivity contribution is 5.26. The van der Waals surface area contributed by atoms with E-state index in [2.05, 4.69) is 30.7 Å². The van der Waals surface area contributed by atoms with Crippen LogP contribution in [0, 0.1) is 19.8 Å². The lowest BCUT2D eigenvalue weighted by atomic mass is 10.0. The topological polar surface area (TPSA) is 89.6 Å². The summed E-state index contributed by atoms with van der Waals surface area (Å²) in [6, 6.07) is 0.391. The first-order chi connectivity index (χ1) is 10.6. The van der Waals surface area contributed by atoms with E-state index in [-0.39, 0.29) is 0 Å². The summed E-state index contributed by atoms with van der Waals surface area (Å²) in [5, 5.41) is 19.7. The average molecular weight is 302 g/mol. The van der Waals surface area contributed by atoms with E-state index in [9.17, 15) is 0 Å². The van der Waals surface area contributed by atoms with Gasteiger partial charge in [0.2, 0.25) is 17.7 Å². The van der Waals surface area contributed by atoms with Gasteiger partial charge in [-0.3, -0.25) is 0 Å². The van der Waals surface area contributed by atoms with Gasteiger partial charge in [0.25, 0.3) is 0 Å². The molecule has 0 saturated heterocycles. The van der Waals surface area contributed by atoms with Crippen molar-refractivity contribution in [2.45, 2.75) is 58.9 Å². The fraction of sp³-hybridized carbons (Fsp3) is 0.667. The molecule has 2 atom stereocenters. The lowest BCUT2D eigenvalue weighted by Gasteiger charge is -2.12. The van der Waals surface area contributed by atoms with Crippen LogP contribution in [0.4, 0.5) is 5.95 Å². The molecule has 0 unspecified atom stereocenters. The van der Waals surface area contributed by atoms with E-state index < -0.39 is 0 Å². The fourth-order valence-corrected chi connectivity index (χ4v) is 2.85. The molecule has 1 aliphatic rings. The van der Waals surface area contributed by atoms with Crippen LogP contribution in [0.25, 0.3) is 0 Å². The van der Waals surface area contributed by atoms with E-state index >= 15 is 0 Å². The van der Waals surface area contributed by atoms with Crippen LogP contribution in [0.15, 0.2) is 4.42 Å². The molecule has 1 N–H and O–H groups in total. The second-order valence-corrected chi connectivity index (χ2v) is 5.97. The van der Waals surface area contributed by atoms with Crippen molar-refractivity contribution in [1.82, 2.24) is 25.4 Å². The van der Waals surface area contributed by atoms with E-state index in [1.54, 1.807) is 0 Å². The minimum absolute atomic E-state index is 0.391. The van der Waals surface area contributed by atoms with Crippen molar-refractivity contribution in [1.29, 1.82) is 0 Å². The first-order valence-electron chi connectivity index (χ1n) is 7.89. The van der Waals surface area contributed by atoms with Gasteiger partial charge < -0.3 is 9.73 Å². The lowest BCUT2D eigenvalue weighted by Crippen LogP contribution is -2.19. The predicted octanol–water partition coefficient (Wildman–Crippen LogP) is 2.26. The first kappa shape index (κ1) is 14.9. The lowest BCUT2D eigenvalue weighted by molar-refractivity contribution is 0.409. The van der Waals surface area contributed by atoms with Crippen LogP contribution in [0.2, 0.25) is 0 Å². The fourth-order valence-electron chi connectivity index (χ4n) is 2.85. The van der Waals surface area contributed by atoms with Crippen molar-refractivity contribution in [3.05, 3.63) is 23.2 Å². The molecule has 1 fully saturated rings. The Balaban J connectivity index is 1.54. The van der Waals surface area contributed by atoms with E-state index in [1.807, 2.05) is 20.8 Å². The molecule has 0 aromatic carbocycles. The Labute approximate surface area is 130 Å². The molecule has 22 heavy (non-hydrogen) atoms. The monoisotopic (exact) mass is 302 g/mol. The Morgan fingerprint density at radius 3 is 2.59 bits per heavy atom. The van der Waals surface area contributed by atoms with Crippen LogP contribution in [0.1, 0.15) is 49.4 Å². The Morgan fingerprint density at radius 2 is 1.86 bits per heavy atom. The summed E-state index contributed by atoms with van der Waals surface area (Å²) < 4.78 is 5.60. The molecule has 1 aliphatic carbocycles.